The van der Waals surface area contributed by atoms with E-state index in [1.807, 2.05) is 6.08 Å². The van der Waals surface area contributed by atoms with Crippen LogP contribution in [-0.2, 0) is 0 Å². The molecule has 1 nitrogen and oxygen atoms in total. The minimum absolute atomic E-state index is 0.479. The van der Waals surface area contributed by atoms with Crippen LogP contribution >= 0.6 is 0 Å². The van der Waals surface area contributed by atoms with Gasteiger partial charge in [-0.15, -0.1) is 6.58 Å². The molecule has 1 atom stereocenters. The van der Waals surface area contributed by atoms with Crippen molar-refractivity contribution < 1.29 is 0 Å². The molecule has 1 unspecified atom stereocenters. The van der Waals surface area contributed by atoms with Crippen LogP contribution in [0.2, 0.25) is 0 Å². The molecule has 1 fully saturated rings. The van der Waals surface area contributed by atoms with E-state index in [-0.39, 0.29) is 0 Å². The Morgan fingerprint density at radius 3 is 2.19 bits per heavy atom. The van der Waals surface area contributed by atoms with Crippen LogP contribution < -0.4 is 5.32 Å². The highest BCUT2D eigenvalue weighted by Gasteiger charge is 2.38. The highest BCUT2D eigenvalue weighted by molar-refractivity contribution is 4.93. The van der Waals surface area contributed by atoms with Gasteiger partial charge < -0.3 is 5.32 Å². The molecule has 1 aliphatic carbocycles. The molecule has 1 rings (SSSR count). The lowest BCUT2D eigenvalue weighted by Crippen LogP contribution is -2.46. The molecule has 0 bridgehead atoms. The molecular weight excluding hydrogens is 194 g/mol. The van der Waals surface area contributed by atoms with Crippen LogP contribution in [-0.4, -0.2) is 12.1 Å². The van der Waals surface area contributed by atoms with Gasteiger partial charge in [-0.3, -0.25) is 0 Å². The van der Waals surface area contributed by atoms with E-state index in [2.05, 4.69) is 46.5 Å². The summed E-state index contributed by atoms with van der Waals surface area (Å²) >= 11 is 0. The van der Waals surface area contributed by atoms with Crippen molar-refractivity contribution in [3.63, 3.8) is 0 Å². The summed E-state index contributed by atoms with van der Waals surface area (Å²) in [5, 5.41) is 3.76. The molecular formula is C15H29N. The Balaban J connectivity index is 2.57. The SMILES string of the molecule is C=CCC(C)NC1CC(C)(C)CC(C)(C)C1. The number of rotatable bonds is 4. The van der Waals surface area contributed by atoms with Gasteiger partial charge in [0.25, 0.3) is 0 Å². The Hall–Kier alpha value is -0.300. The van der Waals surface area contributed by atoms with E-state index in [1.165, 1.54) is 19.3 Å². The average molecular weight is 223 g/mol. The lowest BCUT2D eigenvalue weighted by Gasteiger charge is -2.46. The quantitative estimate of drug-likeness (QED) is 0.706. The van der Waals surface area contributed by atoms with Gasteiger partial charge in [-0.25, -0.2) is 0 Å². The fourth-order valence-corrected chi connectivity index (χ4v) is 3.68. The van der Waals surface area contributed by atoms with Crippen LogP contribution in [0.15, 0.2) is 12.7 Å². The first-order valence-corrected chi connectivity index (χ1v) is 6.61. The minimum Gasteiger partial charge on any atom is -0.311 e. The van der Waals surface area contributed by atoms with E-state index >= 15 is 0 Å². The van der Waals surface area contributed by atoms with Crippen molar-refractivity contribution in [2.45, 2.75) is 72.4 Å². The molecule has 0 aromatic carbocycles. The van der Waals surface area contributed by atoms with Gasteiger partial charge in [-0.1, -0.05) is 33.8 Å². The second-order valence-electron chi connectivity index (χ2n) is 7.20. The molecule has 1 saturated carbocycles. The van der Waals surface area contributed by atoms with E-state index in [4.69, 9.17) is 0 Å². The number of hydrogen-bond donors (Lipinski definition) is 1. The van der Waals surface area contributed by atoms with Crippen molar-refractivity contribution >= 4 is 0 Å². The van der Waals surface area contributed by atoms with Crippen LogP contribution in [0, 0.1) is 10.8 Å². The van der Waals surface area contributed by atoms with E-state index in [9.17, 15) is 0 Å². The lowest BCUT2D eigenvalue weighted by molar-refractivity contribution is 0.0813. The van der Waals surface area contributed by atoms with Gasteiger partial charge in [-0.05, 0) is 43.4 Å². The Morgan fingerprint density at radius 2 is 1.75 bits per heavy atom. The van der Waals surface area contributed by atoms with Gasteiger partial charge in [-0.2, -0.15) is 0 Å². The maximum absolute atomic E-state index is 3.81. The summed E-state index contributed by atoms with van der Waals surface area (Å²) < 4.78 is 0. The Kier molecular flexibility index (Phi) is 4.23. The molecule has 16 heavy (non-hydrogen) atoms. The predicted molar refractivity (Wildman–Crippen MR) is 72.6 cm³/mol. The van der Waals surface area contributed by atoms with E-state index in [0.717, 1.165) is 6.42 Å². The van der Waals surface area contributed by atoms with Crippen LogP contribution in [0.1, 0.15) is 60.3 Å². The molecule has 0 aliphatic heterocycles. The summed E-state index contributed by atoms with van der Waals surface area (Å²) in [4.78, 5) is 0. The topological polar surface area (TPSA) is 12.0 Å². The monoisotopic (exact) mass is 223 g/mol. The second kappa shape index (κ2) is 4.91. The molecule has 0 aromatic heterocycles. The second-order valence-corrected chi connectivity index (χ2v) is 7.20. The van der Waals surface area contributed by atoms with E-state index in [0.29, 0.717) is 22.9 Å². The highest BCUT2D eigenvalue weighted by Crippen LogP contribution is 2.45. The fourth-order valence-electron chi connectivity index (χ4n) is 3.68. The van der Waals surface area contributed by atoms with Crippen molar-refractivity contribution in [1.82, 2.24) is 5.32 Å². The Morgan fingerprint density at radius 1 is 1.25 bits per heavy atom. The molecule has 1 heteroatoms. The summed E-state index contributed by atoms with van der Waals surface area (Å²) in [6.07, 6.45) is 7.03. The molecule has 0 aromatic rings. The van der Waals surface area contributed by atoms with Crippen molar-refractivity contribution in [1.29, 1.82) is 0 Å². The molecule has 0 heterocycles. The third-order valence-corrected chi connectivity index (χ3v) is 3.60. The van der Waals surface area contributed by atoms with E-state index in [1.54, 1.807) is 0 Å². The van der Waals surface area contributed by atoms with Crippen molar-refractivity contribution in [2.24, 2.45) is 10.8 Å². The summed E-state index contributed by atoms with van der Waals surface area (Å²) in [6.45, 7) is 15.7. The summed E-state index contributed by atoms with van der Waals surface area (Å²) in [6, 6.07) is 1.24. The Labute approximate surface area is 102 Å². The van der Waals surface area contributed by atoms with Crippen molar-refractivity contribution in [2.75, 3.05) is 0 Å². The first-order chi connectivity index (χ1) is 7.24. The average Bonchev–Trinajstić information content (AvgIpc) is 1.96. The third kappa shape index (κ3) is 4.29. The lowest BCUT2D eigenvalue weighted by atomic mass is 9.63. The first-order valence-electron chi connectivity index (χ1n) is 6.61. The normalized spacial score (nSPS) is 26.3. The summed E-state index contributed by atoms with van der Waals surface area (Å²) in [5.74, 6) is 0. The van der Waals surface area contributed by atoms with Crippen LogP contribution in [0.4, 0.5) is 0 Å². The summed E-state index contributed by atoms with van der Waals surface area (Å²) in [5.41, 5.74) is 0.959. The van der Waals surface area contributed by atoms with Gasteiger partial charge in [0.15, 0.2) is 0 Å². The van der Waals surface area contributed by atoms with Crippen LogP contribution in [0.5, 0.6) is 0 Å². The van der Waals surface area contributed by atoms with Crippen LogP contribution in [0.25, 0.3) is 0 Å². The maximum Gasteiger partial charge on any atom is 0.00798 e. The highest BCUT2D eigenvalue weighted by atomic mass is 14.9. The summed E-state index contributed by atoms with van der Waals surface area (Å²) in [7, 11) is 0. The van der Waals surface area contributed by atoms with Crippen LogP contribution in [0.3, 0.4) is 0 Å². The van der Waals surface area contributed by atoms with Gasteiger partial charge in [0, 0.05) is 12.1 Å². The van der Waals surface area contributed by atoms with Gasteiger partial charge in [0.1, 0.15) is 0 Å². The zero-order chi connectivity index (χ0) is 12.4. The molecule has 0 radical (unpaired) electrons. The van der Waals surface area contributed by atoms with Gasteiger partial charge in [0.2, 0.25) is 0 Å². The number of nitrogens with one attached hydrogen (secondary N) is 1. The standard InChI is InChI=1S/C15H29N/c1-7-8-12(2)16-13-9-14(3,4)11-15(5,6)10-13/h7,12-13,16H,1,8-11H2,2-6H3. The zero-order valence-electron chi connectivity index (χ0n) is 11.8. The molecule has 1 N–H and O–H groups in total. The molecule has 94 valence electrons. The molecule has 0 saturated heterocycles. The molecule has 1 aliphatic rings. The smallest absolute Gasteiger partial charge is 0.00798 e. The predicted octanol–water partition coefficient (Wildman–Crippen LogP) is 4.15. The fraction of sp³-hybridized carbons (Fsp3) is 0.867. The number of hydrogen-bond acceptors (Lipinski definition) is 1. The minimum atomic E-state index is 0.479. The maximum atomic E-state index is 3.81. The van der Waals surface area contributed by atoms with E-state index < -0.39 is 0 Å². The Bertz CT molecular complexity index is 224. The zero-order valence-corrected chi connectivity index (χ0v) is 11.8. The van der Waals surface area contributed by atoms with Crippen molar-refractivity contribution in [3.05, 3.63) is 12.7 Å². The largest absolute Gasteiger partial charge is 0.311 e. The van der Waals surface area contributed by atoms with Gasteiger partial charge >= 0.3 is 0 Å². The molecule has 0 spiro atoms. The van der Waals surface area contributed by atoms with Crippen molar-refractivity contribution in [3.8, 4) is 0 Å². The van der Waals surface area contributed by atoms with Gasteiger partial charge in [0.05, 0.1) is 0 Å². The third-order valence-electron chi connectivity index (χ3n) is 3.60. The molecule has 0 amide bonds. The first kappa shape index (κ1) is 13.8.